The Balaban J connectivity index is 1.97. The summed E-state index contributed by atoms with van der Waals surface area (Å²) in [5, 5.41) is 0. The van der Waals surface area contributed by atoms with Gasteiger partial charge in [-0.15, -0.1) is 0 Å². The highest BCUT2D eigenvalue weighted by atomic mass is 32.2. The van der Waals surface area contributed by atoms with E-state index >= 15 is 0 Å². The third-order valence-electron chi connectivity index (χ3n) is 3.91. The Morgan fingerprint density at radius 3 is 2.61 bits per heavy atom. The van der Waals surface area contributed by atoms with Crippen molar-refractivity contribution in [3.05, 3.63) is 42.1 Å². The molecule has 3 rings (SSSR count). The van der Waals surface area contributed by atoms with Gasteiger partial charge in [-0.1, -0.05) is 23.8 Å². The monoisotopic (exact) mass is 263 g/mol. The van der Waals surface area contributed by atoms with E-state index in [4.69, 9.17) is 0 Å². The zero-order valence-electron chi connectivity index (χ0n) is 10.4. The molecule has 18 heavy (non-hydrogen) atoms. The molecule has 0 radical (unpaired) electrons. The smallest absolute Gasteiger partial charge is 0.264 e. The molecule has 2 unspecified atom stereocenters. The lowest BCUT2D eigenvalue weighted by atomic mass is 10.1. The van der Waals surface area contributed by atoms with Crippen molar-refractivity contribution in [2.45, 2.75) is 37.1 Å². The fourth-order valence-electron chi connectivity index (χ4n) is 2.83. The first-order valence-corrected chi connectivity index (χ1v) is 7.80. The largest absolute Gasteiger partial charge is 0.271 e. The summed E-state index contributed by atoms with van der Waals surface area (Å²) in [7, 11) is -3.37. The molecule has 1 aliphatic carbocycles. The highest BCUT2D eigenvalue weighted by molar-refractivity contribution is 7.89. The van der Waals surface area contributed by atoms with Gasteiger partial charge in [-0.05, 0) is 44.2 Å². The number of allylic oxidation sites excluding steroid dienone is 1. The Hall–Kier alpha value is -1.29. The average molecular weight is 263 g/mol. The number of hydrogen-bond acceptors (Lipinski definition) is 2. The van der Waals surface area contributed by atoms with E-state index in [1.807, 2.05) is 25.1 Å². The Kier molecular flexibility index (Phi) is 2.70. The maximum Gasteiger partial charge on any atom is 0.264 e. The first-order chi connectivity index (χ1) is 8.57. The van der Waals surface area contributed by atoms with E-state index < -0.39 is 10.0 Å². The Labute approximate surface area is 108 Å². The molecule has 0 amide bonds. The van der Waals surface area contributed by atoms with Gasteiger partial charge < -0.3 is 0 Å². The third kappa shape index (κ3) is 1.85. The number of benzene rings is 1. The molecule has 1 aromatic carbocycles. The molecule has 1 fully saturated rings. The van der Waals surface area contributed by atoms with Crippen LogP contribution in [0, 0.1) is 12.8 Å². The molecule has 1 aliphatic heterocycles. The van der Waals surface area contributed by atoms with Crippen LogP contribution in [0.4, 0.5) is 0 Å². The standard InChI is InChI=1S/C14H17NO2S/c1-11-2-6-14(7-3-11)18(16,17)15-9-8-12-4-5-13(15)10-12/h2-3,6-9,12-13H,4-5,10H2,1H3. The van der Waals surface area contributed by atoms with Crippen molar-refractivity contribution < 1.29 is 8.42 Å². The fourth-order valence-corrected chi connectivity index (χ4v) is 4.37. The second-order valence-corrected chi connectivity index (χ2v) is 7.06. The van der Waals surface area contributed by atoms with Crippen molar-refractivity contribution in [1.82, 2.24) is 4.31 Å². The zero-order valence-corrected chi connectivity index (χ0v) is 11.2. The summed E-state index contributed by atoms with van der Waals surface area (Å²) < 4.78 is 26.7. The normalized spacial score (nSPS) is 26.6. The summed E-state index contributed by atoms with van der Waals surface area (Å²) in [5.41, 5.74) is 1.07. The quantitative estimate of drug-likeness (QED) is 0.822. The van der Waals surface area contributed by atoms with Gasteiger partial charge in [-0.3, -0.25) is 4.31 Å². The minimum Gasteiger partial charge on any atom is -0.271 e. The lowest BCUT2D eigenvalue weighted by molar-refractivity contribution is 0.382. The van der Waals surface area contributed by atoms with Crippen LogP contribution in [0.3, 0.4) is 0 Å². The molecule has 3 nitrogen and oxygen atoms in total. The van der Waals surface area contributed by atoms with Crippen LogP contribution in [-0.2, 0) is 10.0 Å². The summed E-state index contributed by atoms with van der Waals surface area (Å²) in [4.78, 5) is 0.392. The Bertz CT molecular complexity index is 574. The van der Waals surface area contributed by atoms with Crippen LogP contribution in [-0.4, -0.2) is 18.8 Å². The van der Waals surface area contributed by atoms with Crippen LogP contribution in [0.5, 0.6) is 0 Å². The molecule has 0 aromatic heterocycles. The van der Waals surface area contributed by atoms with E-state index in [9.17, 15) is 8.42 Å². The van der Waals surface area contributed by atoms with E-state index in [1.165, 1.54) is 0 Å². The number of sulfonamides is 1. The number of aryl methyl sites for hydroxylation is 1. The molecule has 2 atom stereocenters. The van der Waals surface area contributed by atoms with Crippen molar-refractivity contribution in [2.75, 3.05) is 0 Å². The maximum absolute atomic E-state index is 12.6. The molecular weight excluding hydrogens is 246 g/mol. The predicted octanol–water partition coefficient (Wildman–Crippen LogP) is 2.68. The lowest BCUT2D eigenvalue weighted by Gasteiger charge is -2.29. The van der Waals surface area contributed by atoms with Crippen molar-refractivity contribution in [3.63, 3.8) is 0 Å². The summed E-state index contributed by atoms with van der Waals surface area (Å²) in [6.45, 7) is 1.96. The first kappa shape index (κ1) is 11.8. The molecule has 1 heterocycles. The molecule has 0 N–H and O–H groups in total. The fraction of sp³-hybridized carbons (Fsp3) is 0.429. The van der Waals surface area contributed by atoms with E-state index in [1.54, 1.807) is 22.6 Å². The predicted molar refractivity (Wildman–Crippen MR) is 70.5 cm³/mol. The van der Waals surface area contributed by atoms with E-state index in [0.717, 1.165) is 24.8 Å². The third-order valence-corrected chi connectivity index (χ3v) is 5.75. The van der Waals surface area contributed by atoms with Crippen LogP contribution in [0.2, 0.25) is 0 Å². The minimum absolute atomic E-state index is 0.159. The van der Waals surface area contributed by atoms with Gasteiger partial charge in [0.25, 0.3) is 10.0 Å². The summed E-state index contributed by atoms with van der Waals surface area (Å²) in [6, 6.07) is 7.24. The molecule has 1 aromatic rings. The maximum atomic E-state index is 12.6. The summed E-state index contributed by atoms with van der Waals surface area (Å²) in [5.74, 6) is 0.583. The number of hydrogen-bond donors (Lipinski definition) is 0. The highest BCUT2D eigenvalue weighted by Gasteiger charge is 2.36. The molecule has 2 bridgehead atoms. The molecule has 0 saturated heterocycles. The van der Waals surface area contributed by atoms with Crippen molar-refractivity contribution in [1.29, 1.82) is 0 Å². The number of fused-ring (bicyclic) bond motifs is 2. The molecule has 96 valence electrons. The average Bonchev–Trinajstić information content (AvgIpc) is 2.71. The molecule has 2 aliphatic rings. The molecular formula is C14H17NO2S. The first-order valence-electron chi connectivity index (χ1n) is 6.36. The second-order valence-electron chi connectivity index (χ2n) is 5.22. The Morgan fingerprint density at radius 2 is 1.89 bits per heavy atom. The summed E-state index contributed by atoms with van der Waals surface area (Å²) >= 11 is 0. The van der Waals surface area contributed by atoms with Gasteiger partial charge in [-0.2, -0.15) is 0 Å². The minimum atomic E-state index is -3.37. The lowest BCUT2D eigenvalue weighted by Crippen LogP contribution is -2.36. The molecule has 1 saturated carbocycles. The van der Waals surface area contributed by atoms with Gasteiger partial charge in [0.05, 0.1) is 4.90 Å². The second kappa shape index (κ2) is 4.12. The van der Waals surface area contributed by atoms with Crippen molar-refractivity contribution in [2.24, 2.45) is 5.92 Å². The van der Waals surface area contributed by atoms with Gasteiger partial charge in [0.15, 0.2) is 0 Å². The van der Waals surface area contributed by atoms with Crippen molar-refractivity contribution >= 4 is 10.0 Å². The van der Waals surface area contributed by atoms with E-state index in [-0.39, 0.29) is 6.04 Å². The van der Waals surface area contributed by atoms with E-state index in [0.29, 0.717) is 10.8 Å². The summed E-state index contributed by atoms with van der Waals surface area (Å²) in [6.07, 6.45) is 6.86. The van der Waals surface area contributed by atoms with Crippen LogP contribution < -0.4 is 0 Å². The molecule has 0 spiro atoms. The van der Waals surface area contributed by atoms with Crippen LogP contribution in [0.1, 0.15) is 24.8 Å². The van der Waals surface area contributed by atoms with Gasteiger partial charge in [0.1, 0.15) is 0 Å². The molecule has 4 heteroatoms. The van der Waals surface area contributed by atoms with Crippen molar-refractivity contribution in [3.8, 4) is 0 Å². The van der Waals surface area contributed by atoms with E-state index in [2.05, 4.69) is 0 Å². The topological polar surface area (TPSA) is 37.4 Å². The van der Waals surface area contributed by atoms with Crippen LogP contribution in [0.25, 0.3) is 0 Å². The van der Waals surface area contributed by atoms with Gasteiger partial charge >= 0.3 is 0 Å². The van der Waals surface area contributed by atoms with Crippen LogP contribution in [0.15, 0.2) is 41.4 Å². The van der Waals surface area contributed by atoms with Crippen LogP contribution >= 0.6 is 0 Å². The van der Waals surface area contributed by atoms with Gasteiger partial charge in [0.2, 0.25) is 0 Å². The number of rotatable bonds is 2. The van der Waals surface area contributed by atoms with Gasteiger partial charge in [-0.25, -0.2) is 8.42 Å². The SMILES string of the molecule is Cc1ccc(S(=O)(=O)N2C=CC3CCC2C3)cc1. The number of nitrogens with zero attached hydrogens (tertiary/aromatic N) is 1. The zero-order chi connectivity index (χ0) is 12.8. The van der Waals surface area contributed by atoms with Gasteiger partial charge in [0, 0.05) is 12.2 Å². The highest BCUT2D eigenvalue weighted by Crippen LogP contribution is 2.37. The Morgan fingerprint density at radius 1 is 1.17 bits per heavy atom.